The first-order valence-electron chi connectivity index (χ1n) is 8.72. The quantitative estimate of drug-likeness (QED) is 0.936. The van der Waals surface area contributed by atoms with Crippen molar-refractivity contribution in [3.8, 4) is 0 Å². The minimum Gasteiger partial charge on any atom is -0.387 e. The Hall–Kier alpha value is -1.98. The standard InChI is InChI=1S/C19H23N3O2/c23-18(16-5-3-7-17-15(16)6-4-9-20-17)22-12-8-19(24,14-22)13-21-10-1-2-11-21/h3-7,9,24H,1-2,8,10-14H2/t19-/m0/s1. The maximum absolute atomic E-state index is 13.0. The Bertz CT molecular complexity index is 752. The van der Waals surface area contributed by atoms with Gasteiger partial charge in [-0.25, -0.2) is 0 Å². The summed E-state index contributed by atoms with van der Waals surface area (Å²) in [5, 5.41) is 11.8. The van der Waals surface area contributed by atoms with Crippen LogP contribution in [0.4, 0.5) is 0 Å². The minimum atomic E-state index is -0.775. The second-order valence-corrected chi connectivity index (χ2v) is 7.06. The number of hydrogen-bond donors (Lipinski definition) is 1. The maximum atomic E-state index is 13.0. The molecule has 1 atom stereocenters. The highest BCUT2D eigenvalue weighted by Crippen LogP contribution is 2.27. The number of pyridine rings is 1. The average molecular weight is 325 g/mol. The van der Waals surface area contributed by atoms with Crippen molar-refractivity contribution < 1.29 is 9.90 Å². The number of fused-ring (bicyclic) bond motifs is 1. The van der Waals surface area contributed by atoms with Crippen molar-refractivity contribution in [1.82, 2.24) is 14.8 Å². The highest BCUT2D eigenvalue weighted by atomic mass is 16.3. The monoisotopic (exact) mass is 325 g/mol. The summed E-state index contributed by atoms with van der Waals surface area (Å²) in [4.78, 5) is 21.4. The minimum absolute atomic E-state index is 0.00838. The molecule has 3 heterocycles. The van der Waals surface area contributed by atoms with E-state index in [0.29, 0.717) is 31.6 Å². The van der Waals surface area contributed by atoms with E-state index in [4.69, 9.17) is 0 Å². The topological polar surface area (TPSA) is 56.7 Å². The first-order chi connectivity index (χ1) is 11.6. The summed E-state index contributed by atoms with van der Waals surface area (Å²) in [7, 11) is 0. The number of aliphatic hydroxyl groups is 1. The van der Waals surface area contributed by atoms with Gasteiger partial charge < -0.3 is 14.9 Å². The Morgan fingerprint density at radius 1 is 1.17 bits per heavy atom. The van der Waals surface area contributed by atoms with Crippen molar-refractivity contribution in [1.29, 1.82) is 0 Å². The molecule has 4 rings (SSSR count). The largest absolute Gasteiger partial charge is 0.387 e. The second kappa shape index (κ2) is 6.15. The van der Waals surface area contributed by atoms with E-state index in [2.05, 4.69) is 9.88 Å². The van der Waals surface area contributed by atoms with Crippen LogP contribution in [-0.4, -0.2) is 64.1 Å². The SMILES string of the molecule is O=C(c1cccc2ncccc12)N1CC[C@](O)(CN2CCCC2)C1. The van der Waals surface area contributed by atoms with Gasteiger partial charge in [-0.1, -0.05) is 12.1 Å². The molecule has 0 saturated carbocycles. The molecule has 2 aliphatic heterocycles. The van der Waals surface area contributed by atoms with E-state index in [1.54, 1.807) is 11.1 Å². The van der Waals surface area contributed by atoms with E-state index < -0.39 is 5.60 Å². The van der Waals surface area contributed by atoms with Crippen molar-refractivity contribution in [2.45, 2.75) is 24.9 Å². The molecule has 1 N–H and O–H groups in total. The molecule has 5 nitrogen and oxygen atoms in total. The smallest absolute Gasteiger partial charge is 0.254 e. The van der Waals surface area contributed by atoms with Crippen LogP contribution in [0.5, 0.6) is 0 Å². The van der Waals surface area contributed by atoms with Crippen LogP contribution in [0, 0.1) is 0 Å². The summed E-state index contributed by atoms with van der Waals surface area (Å²) in [5.74, 6) is -0.00838. The van der Waals surface area contributed by atoms with Gasteiger partial charge in [0.15, 0.2) is 0 Å². The molecule has 1 aromatic carbocycles. The summed E-state index contributed by atoms with van der Waals surface area (Å²) in [6, 6.07) is 9.42. The molecule has 5 heteroatoms. The lowest BCUT2D eigenvalue weighted by molar-refractivity contribution is 0.0176. The fourth-order valence-corrected chi connectivity index (χ4v) is 3.98. The number of β-amino-alcohol motifs (C(OH)–C–C–N with tert-alkyl or cyclic N) is 1. The molecule has 126 valence electrons. The lowest BCUT2D eigenvalue weighted by atomic mass is 10.0. The maximum Gasteiger partial charge on any atom is 0.254 e. The molecule has 0 radical (unpaired) electrons. The highest BCUT2D eigenvalue weighted by Gasteiger charge is 2.40. The molecule has 0 bridgehead atoms. The molecule has 2 saturated heterocycles. The van der Waals surface area contributed by atoms with Gasteiger partial charge in [-0.15, -0.1) is 0 Å². The van der Waals surface area contributed by atoms with Crippen LogP contribution < -0.4 is 0 Å². The number of likely N-dealkylation sites (tertiary alicyclic amines) is 2. The van der Waals surface area contributed by atoms with Gasteiger partial charge in [0.2, 0.25) is 0 Å². The number of carbonyl (C=O) groups is 1. The third kappa shape index (κ3) is 2.89. The van der Waals surface area contributed by atoms with Gasteiger partial charge in [0.05, 0.1) is 17.7 Å². The molecular formula is C19H23N3O2. The second-order valence-electron chi connectivity index (χ2n) is 7.06. The molecular weight excluding hydrogens is 302 g/mol. The molecule has 2 aliphatic rings. The number of amides is 1. The number of hydrogen-bond acceptors (Lipinski definition) is 4. The lowest BCUT2D eigenvalue weighted by Gasteiger charge is -2.28. The van der Waals surface area contributed by atoms with Crippen molar-refractivity contribution in [2.75, 3.05) is 32.7 Å². The van der Waals surface area contributed by atoms with Crippen molar-refractivity contribution in [3.63, 3.8) is 0 Å². The summed E-state index contributed by atoms with van der Waals surface area (Å²) in [6.07, 6.45) is 4.81. The predicted molar refractivity (Wildman–Crippen MR) is 92.9 cm³/mol. The van der Waals surface area contributed by atoms with Gasteiger partial charge in [0.1, 0.15) is 0 Å². The van der Waals surface area contributed by atoms with Crippen LogP contribution in [0.3, 0.4) is 0 Å². The predicted octanol–water partition coefficient (Wildman–Crippen LogP) is 1.91. The third-order valence-corrected chi connectivity index (χ3v) is 5.21. The van der Waals surface area contributed by atoms with E-state index in [1.165, 1.54) is 12.8 Å². The Morgan fingerprint density at radius 3 is 2.83 bits per heavy atom. The Kier molecular flexibility index (Phi) is 3.98. The first-order valence-corrected chi connectivity index (χ1v) is 8.72. The van der Waals surface area contributed by atoms with E-state index >= 15 is 0 Å². The number of carbonyl (C=O) groups excluding carboxylic acids is 1. The molecule has 0 unspecified atom stereocenters. The fourth-order valence-electron chi connectivity index (χ4n) is 3.98. The number of nitrogens with zero attached hydrogens (tertiary/aromatic N) is 3. The summed E-state index contributed by atoms with van der Waals surface area (Å²) in [6.45, 7) is 3.82. The van der Waals surface area contributed by atoms with Crippen molar-refractivity contribution in [2.24, 2.45) is 0 Å². The normalized spacial score (nSPS) is 24.8. The molecule has 0 aliphatic carbocycles. The van der Waals surface area contributed by atoms with E-state index in [1.807, 2.05) is 30.3 Å². The van der Waals surface area contributed by atoms with Gasteiger partial charge in [0.25, 0.3) is 5.91 Å². The molecule has 24 heavy (non-hydrogen) atoms. The molecule has 0 spiro atoms. The first kappa shape index (κ1) is 15.5. The van der Waals surface area contributed by atoms with Crippen LogP contribution in [0.15, 0.2) is 36.5 Å². The molecule has 1 amide bonds. The number of rotatable bonds is 3. The van der Waals surface area contributed by atoms with Gasteiger partial charge in [-0.05, 0) is 50.6 Å². The van der Waals surface area contributed by atoms with Crippen LogP contribution in [0.25, 0.3) is 10.9 Å². The van der Waals surface area contributed by atoms with Crippen LogP contribution in [0.2, 0.25) is 0 Å². The van der Waals surface area contributed by atoms with E-state index in [0.717, 1.165) is 24.0 Å². The van der Waals surface area contributed by atoms with Gasteiger partial charge in [0, 0.05) is 30.2 Å². The van der Waals surface area contributed by atoms with Crippen LogP contribution >= 0.6 is 0 Å². The molecule has 1 aromatic heterocycles. The molecule has 2 fully saturated rings. The fraction of sp³-hybridized carbons (Fsp3) is 0.474. The molecule has 2 aromatic rings. The van der Waals surface area contributed by atoms with Gasteiger partial charge in [-0.3, -0.25) is 9.78 Å². The zero-order valence-corrected chi connectivity index (χ0v) is 13.8. The Labute approximate surface area is 141 Å². The summed E-state index contributed by atoms with van der Waals surface area (Å²) < 4.78 is 0. The Morgan fingerprint density at radius 2 is 2.00 bits per heavy atom. The van der Waals surface area contributed by atoms with Crippen molar-refractivity contribution >= 4 is 16.8 Å². The average Bonchev–Trinajstić information content (AvgIpc) is 3.24. The lowest BCUT2D eigenvalue weighted by Crippen LogP contribution is -2.45. The number of aromatic nitrogens is 1. The van der Waals surface area contributed by atoms with Crippen LogP contribution in [-0.2, 0) is 0 Å². The number of benzene rings is 1. The van der Waals surface area contributed by atoms with E-state index in [-0.39, 0.29) is 5.91 Å². The zero-order chi connectivity index (χ0) is 16.6. The summed E-state index contributed by atoms with van der Waals surface area (Å²) in [5.41, 5.74) is 0.726. The summed E-state index contributed by atoms with van der Waals surface area (Å²) >= 11 is 0. The van der Waals surface area contributed by atoms with Gasteiger partial charge >= 0.3 is 0 Å². The van der Waals surface area contributed by atoms with Crippen molar-refractivity contribution in [3.05, 3.63) is 42.1 Å². The highest BCUT2D eigenvalue weighted by molar-refractivity contribution is 6.06. The van der Waals surface area contributed by atoms with Crippen LogP contribution in [0.1, 0.15) is 29.6 Å². The Balaban J connectivity index is 1.52. The van der Waals surface area contributed by atoms with Gasteiger partial charge in [-0.2, -0.15) is 0 Å². The van der Waals surface area contributed by atoms with E-state index in [9.17, 15) is 9.90 Å². The third-order valence-electron chi connectivity index (χ3n) is 5.21. The zero-order valence-electron chi connectivity index (χ0n) is 13.8.